The van der Waals surface area contributed by atoms with Crippen molar-refractivity contribution in [3.8, 4) is 0 Å². The zero-order valence-electron chi connectivity index (χ0n) is 15.8. The number of nitrogens with one attached hydrogen (secondary N) is 2. The minimum atomic E-state index is 0.270. The minimum Gasteiger partial charge on any atom is -0.373 e. The first-order chi connectivity index (χ1) is 12.7. The van der Waals surface area contributed by atoms with Crippen molar-refractivity contribution in [2.24, 2.45) is 0 Å². The smallest absolute Gasteiger partial charge is 0.236 e. The largest absolute Gasteiger partial charge is 0.373 e. The lowest BCUT2D eigenvalue weighted by Crippen LogP contribution is -2.44. The van der Waals surface area contributed by atoms with E-state index in [0.717, 1.165) is 81.3 Å². The molecule has 2 fully saturated rings. The number of amides is 1. The summed E-state index contributed by atoms with van der Waals surface area (Å²) in [5.74, 6) is 2.11. The highest BCUT2D eigenvalue weighted by Crippen LogP contribution is 2.28. The van der Waals surface area contributed by atoms with Crippen LogP contribution in [0.25, 0.3) is 0 Å². The fraction of sp³-hybridized carbons (Fsp3) is 0.737. The van der Waals surface area contributed by atoms with E-state index in [0.29, 0.717) is 6.54 Å². The molecule has 4 heterocycles. The third-order valence-corrected chi connectivity index (χ3v) is 5.83. The van der Waals surface area contributed by atoms with Crippen LogP contribution in [0.1, 0.15) is 55.2 Å². The number of rotatable bonds is 4. The molecular formula is C19H30N6O. The molecule has 7 heteroatoms. The van der Waals surface area contributed by atoms with Gasteiger partial charge in [-0.05, 0) is 38.6 Å². The number of piperidine rings is 1. The first kappa shape index (κ1) is 17.7. The van der Waals surface area contributed by atoms with Crippen molar-refractivity contribution in [2.45, 2.75) is 51.1 Å². The van der Waals surface area contributed by atoms with Gasteiger partial charge >= 0.3 is 0 Å². The second-order valence-corrected chi connectivity index (χ2v) is 7.66. The molecule has 0 saturated carbocycles. The van der Waals surface area contributed by atoms with Crippen molar-refractivity contribution >= 4 is 11.7 Å². The molecule has 26 heavy (non-hydrogen) atoms. The van der Waals surface area contributed by atoms with Gasteiger partial charge in [-0.1, -0.05) is 0 Å². The Kier molecular flexibility index (Phi) is 5.36. The van der Waals surface area contributed by atoms with E-state index in [1.165, 1.54) is 12.8 Å². The highest BCUT2D eigenvalue weighted by atomic mass is 16.2. The number of hydrogen-bond acceptors (Lipinski definition) is 6. The van der Waals surface area contributed by atoms with Gasteiger partial charge < -0.3 is 15.5 Å². The Balaban J connectivity index is 1.46. The quantitative estimate of drug-likeness (QED) is 0.846. The minimum absolute atomic E-state index is 0.270. The fourth-order valence-electron chi connectivity index (χ4n) is 4.33. The summed E-state index contributed by atoms with van der Waals surface area (Å²) < 4.78 is 0. The summed E-state index contributed by atoms with van der Waals surface area (Å²) in [7, 11) is 1.92. The van der Waals surface area contributed by atoms with E-state index in [4.69, 9.17) is 9.97 Å². The number of carbonyl (C=O) groups excluding carboxylic acids is 1. The van der Waals surface area contributed by atoms with Gasteiger partial charge in [-0.2, -0.15) is 0 Å². The number of anilines is 1. The van der Waals surface area contributed by atoms with Gasteiger partial charge in [0.05, 0.1) is 18.3 Å². The zero-order valence-corrected chi connectivity index (χ0v) is 15.8. The van der Waals surface area contributed by atoms with Crippen molar-refractivity contribution in [3.05, 3.63) is 17.1 Å². The molecule has 0 aliphatic carbocycles. The van der Waals surface area contributed by atoms with Crippen LogP contribution in [0.15, 0.2) is 0 Å². The average Bonchev–Trinajstić information content (AvgIpc) is 3.22. The monoisotopic (exact) mass is 358 g/mol. The lowest BCUT2D eigenvalue weighted by atomic mass is 10.0. The number of hydrogen-bond donors (Lipinski definition) is 2. The molecule has 1 aromatic heterocycles. The first-order valence-corrected chi connectivity index (χ1v) is 10.1. The summed E-state index contributed by atoms with van der Waals surface area (Å²) in [6.45, 7) is 5.05. The maximum Gasteiger partial charge on any atom is 0.236 e. The Bertz CT molecular complexity index is 634. The third kappa shape index (κ3) is 3.69. The molecule has 0 unspecified atom stereocenters. The van der Waals surface area contributed by atoms with Gasteiger partial charge in [0, 0.05) is 45.2 Å². The molecule has 0 spiro atoms. The molecule has 4 rings (SSSR count). The number of aromatic nitrogens is 2. The van der Waals surface area contributed by atoms with Crippen molar-refractivity contribution in [1.82, 2.24) is 25.1 Å². The van der Waals surface area contributed by atoms with Crippen molar-refractivity contribution in [2.75, 3.05) is 45.1 Å². The summed E-state index contributed by atoms with van der Waals surface area (Å²) in [6.07, 6.45) is 6.72. The molecule has 1 atom stereocenters. The van der Waals surface area contributed by atoms with E-state index in [1.807, 2.05) is 11.9 Å². The standard InChI is InChI=1S/C19H30N6O/c1-20-18-14-12-24(13-17(26)25-9-3-2-4-10-25)11-7-15(14)22-19(23-18)16-6-5-8-21-16/h16,21H,2-13H2,1H3,(H,20,22,23)/t16-/m1/s1. The van der Waals surface area contributed by atoms with Crippen molar-refractivity contribution in [3.63, 3.8) is 0 Å². The van der Waals surface area contributed by atoms with E-state index < -0.39 is 0 Å². The van der Waals surface area contributed by atoms with Crippen LogP contribution in [-0.4, -0.2) is 65.4 Å². The van der Waals surface area contributed by atoms with E-state index in [9.17, 15) is 4.79 Å². The summed E-state index contributed by atoms with van der Waals surface area (Å²) in [6, 6.07) is 0.283. The maximum absolute atomic E-state index is 12.6. The Morgan fingerprint density at radius 3 is 2.77 bits per heavy atom. The molecule has 2 saturated heterocycles. The molecule has 1 amide bonds. The van der Waals surface area contributed by atoms with Gasteiger partial charge in [0.25, 0.3) is 0 Å². The summed E-state index contributed by atoms with van der Waals surface area (Å²) in [5.41, 5.74) is 2.31. The van der Waals surface area contributed by atoms with Crippen LogP contribution < -0.4 is 10.6 Å². The molecule has 0 radical (unpaired) electrons. The predicted octanol–water partition coefficient (Wildman–Crippen LogP) is 1.31. The van der Waals surface area contributed by atoms with Gasteiger partial charge in [-0.25, -0.2) is 9.97 Å². The van der Waals surface area contributed by atoms with E-state index in [1.54, 1.807) is 0 Å². The normalized spacial score (nSPS) is 23.7. The Labute approximate surface area is 155 Å². The molecule has 142 valence electrons. The SMILES string of the molecule is CNc1nc([C@H]2CCCN2)nc2c1CN(CC(=O)N1CCCCC1)CC2. The van der Waals surface area contributed by atoms with Gasteiger partial charge in [0.2, 0.25) is 5.91 Å². The molecule has 1 aromatic rings. The molecule has 3 aliphatic heterocycles. The summed E-state index contributed by atoms with van der Waals surface area (Å²) in [5, 5.41) is 6.74. The predicted molar refractivity (Wildman–Crippen MR) is 101 cm³/mol. The maximum atomic E-state index is 12.6. The number of nitrogens with zero attached hydrogens (tertiary/aromatic N) is 4. The number of fused-ring (bicyclic) bond motifs is 1. The highest BCUT2D eigenvalue weighted by molar-refractivity contribution is 5.78. The van der Waals surface area contributed by atoms with Crippen molar-refractivity contribution in [1.29, 1.82) is 0 Å². The van der Waals surface area contributed by atoms with E-state index in [2.05, 4.69) is 15.5 Å². The Hall–Kier alpha value is -1.73. The molecule has 2 N–H and O–H groups in total. The molecule has 3 aliphatic rings. The first-order valence-electron chi connectivity index (χ1n) is 10.1. The topological polar surface area (TPSA) is 73.4 Å². The van der Waals surface area contributed by atoms with Crippen LogP contribution in [0.3, 0.4) is 0 Å². The number of carbonyl (C=O) groups is 1. The lowest BCUT2D eigenvalue weighted by molar-refractivity contribution is -0.133. The zero-order chi connectivity index (χ0) is 17.9. The van der Waals surface area contributed by atoms with E-state index in [-0.39, 0.29) is 11.9 Å². The highest BCUT2D eigenvalue weighted by Gasteiger charge is 2.27. The number of likely N-dealkylation sites (tertiary alicyclic amines) is 1. The van der Waals surface area contributed by atoms with Gasteiger partial charge in [-0.3, -0.25) is 9.69 Å². The van der Waals surface area contributed by atoms with Crippen LogP contribution in [0.5, 0.6) is 0 Å². The summed E-state index contributed by atoms with van der Waals surface area (Å²) >= 11 is 0. The Morgan fingerprint density at radius 1 is 1.19 bits per heavy atom. The van der Waals surface area contributed by atoms with Gasteiger partial charge in [0.1, 0.15) is 11.6 Å². The van der Waals surface area contributed by atoms with Crippen LogP contribution >= 0.6 is 0 Å². The van der Waals surface area contributed by atoms with Crippen LogP contribution in [0.2, 0.25) is 0 Å². The molecular weight excluding hydrogens is 328 g/mol. The second kappa shape index (κ2) is 7.88. The Morgan fingerprint density at radius 2 is 2.04 bits per heavy atom. The second-order valence-electron chi connectivity index (χ2n) is 7.66. The summed E-state index contributed by atoms with van der Waals surface area (Å²) in [4.78, 5) is 26.5. The van der Waals surface area contributed by atoms with Gasteiger partial charge in [0.15, 0.2) is 0 Å². The van der Waals surface area contributed by atoms with Crippen LogP contribution in [-0.2, 0) is 17.8 Å². The average molecular weight is 358 g/mol. The fourth-order valence-corrected chi connectivity index (χ4v) is 4.33. The van der Waals surface area contributed by atoms with Crippen LogP contribution in [0.4, 0.5) is 5.82 Å². The van der Waals surface area contributed by atoms with Crippen molar-refractivity contribution < 1.29 is 4.79 Å². The van der Waals surface area contributed by atoms with Gasteiger partial charge in [-0.15, -0.1) is 0 Å². The van der Waals surface area contributed by atoms with Crippen LogP contribution in [0, 0.1) is 0 Å². The third-order valence-electron chi connectivity index (χ3n) is 5.83. The lowest BCUT2D eigenvalue weighted by Gasteiger charge is -2.32. The molecule has 7 nitrogen and oxygen atoms in total. The molecule has 0 aromatic carbocycles. The molecule has 0 bridgehead atoms. The van der Waals surface area contributed by atoms with E-state index >= 15 is 0 Å².